The number of nitrogens with zero attached hydrogens (tertiary/aromatic N) is 4. The number of hydrogen-bond donors (Lipinski definition) is 0. The van der Waals surface area contributed by atoms with E-state index in [2.05, 4.69) is 34.1 Å². The van der Waals surface area contributed by atoms with Gasteiger partial charge in [-0.15, -0.1) is 11.3 Å². The summed E-state index contributed by atoms with van der Waals surface area (Å²) in [6.45, 7) is 4.59. The van der Waals surface area contributed by atoms with E-state index in [0.717, 1.165) is 55.2 Å². The molecule has 5 rings (SSSR count). The van der Waals surface area contributed by atoms with Gasteiger partial charge in [-0.1, -0.05) is 18.2 Å². The number of aromatic nitrogens is 2. The Bertz CT molecular complexity index is 1080. The van der Waals surface area contributed by atoms with Crippen molar-refractivity contribution < 1.29 is 4.74 Å². The van der Waals surface area contributed by atoms with E-state index in [4.69, 9.17) is 9.72 Å². The molecule has 3 heterocycles. The third kappa shape index (κ3) is 3.50. The molecule has 2 aromatic heterocycles. The van der Waals surface area contributed by atoms with Crippen LogP contribution in [0.5, 0.6) is 0 Å². The van der Waals surface area contributed by atoms with E-state index >= 15 is 0 Å². The van der Waals surface area contributed by atoms with Gasteiger partial charge in [0, 0.05) is 43.9 Å². The van der Waals surface area contributed by atoms with Gasteiger partial charge in [0.2, 0.25) is 5.95 Å². The van der Waals surface area contributed by atoms with E-state index in [-0.39, 0.29) is 5.56 Å². The van der Waals surface area contributed by atoms with Crippen LogP contribution < -0.4 is 15.4 Å². The molecule has 158 valence electrons. The third-order valence-corrected chi connectivity index (χ3v) is 7.44. The van der Waals surface area contributed by atoms with Gasteiger partial charge in [0.1, 0.15) is 4.83 Å². The van der Waals surface area contributed by atoms with Crippen LogP contribution in [0.25, 0.3) is 10.2 Å². The number of methoxy groups -OCH3 is 1. The first kappa shape index (κ1) is 19.6. The maximum atomic E-state index is 13.6. The molecule has 0 unspecified atom stereocenters. The second kappa shape index (κ2) is 8.40. The van der Waals surface area contributed by atoms with E-state index < -0.39 is 0 Å². The number of para-hydroxylation sites is 1. The molecule has 1 aliphatic carbocycles. The Balaban J connectivity index is 1.49. The van der Waals surface area contributed by atoms with Crippen LogP contribution in [0.2, 0.25) is 0 Å². The predicted octanol–water partition coefficient (Wildman–Crippen LogP) is 3.31. The Kier molecular flexibility index (Phi) is 5.48. The highest BCUT2D eigenvalue weighted by Gasteiger charge is 2.26. The first-order valence-corrected chi connectivity index (χ1v) is 11.7. The minimum atomic E-state index is 0.108. The molecule has 0 bridgehead atoms. The minimum Gasteiger partial charge on any atom is -0.383 e. The van der Waals surface area contributed by atoms with Crippen molar-refractivity contribution in [2.45, 2.75) is 32.2 Å². The van der Waals surface area contributed by atoms with Gasteiger partial charge >= 0.3 is 0 Å². The fourth-order valence-electron chi connectivity index (χ4n) is 4.66. The largest absolute Gasteiger partial charge is 0.383 e. The second-order valence-electron chi connectivity index (χ2n) is 8.06. The van der Waals surface area contributed by atoms with Gasteiger partial charge in [-0.05, 0) is 43.4 Å². The van der Waals surface area contributed by atoms with Gasteiger partial charge in [0.05, 0.1) is 18.5 Å². The van der Waals surface area contributed by atoms with Gasteiger partial charge in [0.15, 0.2) is 0 Å². The van der Waals surface area contributed by atoms with E-state index in [1.54, 1.807) is 18.4 Å². The fraction of sp³-hybridized carbons (Fsp3) is 0.478. The van der Waals surface area contributed by atoms with Crippen LogP contribution in [0.3, 0.4) is 0 Å². The van der Waals surface area contributed by atoms with E-state index in [1.165, 1.54) is 29.0 Å². The summed E-state index contributed by atoms with van der Waals surface area (Å²) in [5, 5.41) is 0.859. The number of thiophene rings is 1. The number of piperazine rings is 1. The van der Waals surface area contributed by atoms with Crippen LogP contribution in [0, 0.1) is 0 Å². The molecule has 1 aromatic carbocycles. The van der Waals surface area contributed by atoms with Crippen molar-refractivity contribution >= 4 is 33.2 Å². The molecule has 1 saturated heterocycles. The molecule has 6 nitrogen and oxygen atoms in total. The monoisotopic (exact) mass is 424 g/mol. The van der Waals surface area contributed by atoms with Crippen LogP contribution in [-0.2, 0) is 24.1 Å². The highest BCUT2D eigenvalue weighted by Crippen LogP contribution is 2.34. The highest BCUT2D eigenvalue weighted by molar-refractivity contribution is 7.18. The fourth-order valence-corrected chi connectivity index (χ4v) is 5.90. The Morgan fingerprint density at radius 3 is 2.53 bits per heavy atom. The number of anilines is 2. The average molecular weight is 425 g/mol. The quantitative estimate of drug-likeness (QED) is 0.629. The SMILES string of the molecule is COCCn1c(N2CCN(c3ccccc3)CC2)nc2sc3c(c2c1=O)CCCC3. The Hall–Kier alpha value is -2.38. The number of ether oxygens (including phenoxy) is 1. The molecule has 7 heteroatoms. The topological polar surface area (TPSA) is 50.6 Å². The summed E-state index contributed by atoms with van der Waals surface area (Å²) in [5.74, 6) is 0.802. The number of benzene rings is 1. The summed E-state index contributed by atoms with van der Waals surface area (Å²) in [6.07, 6.45) is 4.47. The molecule has 1 fully saturated rings. The summed E-state index contributed by atoms with van der Waals surface area (Å²) in [7, 11) is 1.68. The summed E-state index contributed by atoms with van der Waals surface area (Å²) in [5.41, 5.74) is 2.62. The zero-order chi connectivity index (χ0) is 20.5. The van der Waals surface area contributed by atoms with Gasteiger partial charge < -0.3 is 14.5 Å². The summed E-state index contributed by atoms with van der Waals surface area (Å²) in [6, 6.07) is 10.5. The van der Waals surface area contributed by atoms with E-state index in [1.807, 2.05) is 10.6 Å². The van der Waals surface area contributed by atoms with Crippen LogP contribution in [0.15, 0.2) is 35.1 Å². The molecule has 1 aliphatic heterocycles. The lowest BCUT2D eigenvalue weighted by Gasteiger charge is -2.37. The lowest BCUT2D eigenvalue weighted by molar-refractivity contribution is 0.186. The van der Waals surface area contributed by atoms with Crippen molar-refractivity contribution in [1.29, 1.82) is 0 Å². The maximum Gasteiger partial charge on any atom is 0.264 e. The van der Waals surface area contributed by atoms with E-state index in [9.17, 15) is 4.79 Å². The zero-order valence-electron chi connectivity index (χ0n) is 17.5. The standard InChI is InChI=1S/C23H28N4O2S/c1-29-16-15-27-22(28)20-18-9-5-6-10-19(18)30-21(20)24-23(27)26-13-11-25(12-14-26)17-7-3-2-4-8-17/h2-4,7-8H,5-6,9-16H2,1H3. The van der Waals surface area contributed by atoms with Crippen molar-refractivity contribution in [3.05, 3.63) is 51.1 Å². The number of fused-ring (bicyclic) bond motifs is 3. The number of rotatable bonds is 5. The van der Waals surface area contributed by atoms with Crippen molar-refractivity contribution in [1.82, 2.24) is 9.55 Å². The molecule has 2 aliphatic rings. The second-order valence-corrected chi connectivity index (χ2v) is 9.15. The summed E-state index contributed by atoms with van der Waals surface area (Å²) < 4.78 is 7.17. The molecule has 0 saturated carbocycles. The minimum absolute atomic E-state index is 0.108. The molecule has 0 spiro atoms. The summed E-state index contributed by atoms with van der Waals surface area (Å²) in [4.78, 5) is 25.6. The Morgan fingerprint density at radius 1 is 1.03 bits per heavy atom. The van der Waals surface area contributed by atoms with Gasteiger partial charge in [-0.2, -0.15) is 0 Å². The lowest BCUT2D eigenvalue weighted by atomic mass is 9.97. The summed E-state index contributed by atoms with van der Waals surface area (Å²) >= 11 is 1.73. The molecular formula is C23H28N4O2S. The molecule has 0 amide bonds. The van der Waals surface area contributed by atoms with Crippen molar-refractivity contribution in [3.63, 3.8) is 0 Å². The molecule has 0 N–H and O–H groups in total. The lowest BCUT2D eigenvalue weighted by Crippen LogP contribution is -2.48. The first-order valence-electron chi connectivity index (χ1n) is 10.8. The van der Waals surface area contributed by atoms with Crippen molar-refractivity contribution in [3.8, 4) is 0 Å². The normalized spacial score (nSPS) is 16.8. The van der Waals surface area contributed by atoms with Crippen LogP contribution in [-0.4, -0.2) is 49.4 Å². The molecule has 3 aromatic rings. The molecule has 0 atom stereocenters. The van der Waals surface area contributed by atoms with Crippen molar-refractivity contribution in [2.24, 2.45) is 0 Å². The van der Waals surface area contributed by atoms with Gasteiger partial charge in [0.25, 0.3) is 5.56 Å². The first-order chi connectivity index (χ1) is 14.8. The highest BCUT2D eigenvalue weighted by atomic mass is 32.1. The third-order valence-electron chi connectivity index (χ3n) is 6.26. The Morgan fingerprint density at radius 2 is 1.77 bits per heavy atom. The number of hydrogen-bond acceptors (Lipinski definition) is 6. The van der Waals surface area contributed by atoms with Crippen LogP contribution in [0.1, 0.15) is 23.3 Å². The van der Waals surface area contributed by atoms with Gasteiger partial charge in [-0.3, -0.25) is 9.36 Å². The molecule has 30 heavy (non-hydrogen) atoms. The van der Waals surface area contributed by atoms with Crippen molar-refractivity contribution in [2.75, 3.05) is 49.7 Å². The predicted molar refractivity (Wildman–Crippen MR) is 123 cm³/mol. The zero-order valence-corrected chi connectivity index (χ0v) is 18.3. The average Bonchev–Trinajstić information content (AvgIpc) is 3.18. The smallest absolute Gasteiger partial charge is 0.264 e. The number of aryl methyl sites for hydroxylation is 2. The van der Waals surface area contributed by atoms with E-state index in [0.29, 0.717) is 13.2 Å². The Labute approximate surface area is 180 Å². The van der Waals surface area contributed by atoms with Crippen LogP contribution in [0.4, 0.5) is 11.6 Å². The van der Waals surface area contributed by atoms with Crippen LogP contribution >= 0.6 is 11.3 Å². The maximum absolute atomic E-state index is 13.6. The van der Waals surface area contributed by atoms with Gasteiger partial charge in [-0.25, -0.2) is 4.98 Å². The molecular weight excluding hydrogens is 396 g/mol. The molecule has 0 radical (unpaired) electrons.